The Bertz CT molecular complexity index is 835. The van der Waals surface area contributed by atoms with E-state index in [9.17, 15) is 0 Å². The fourth-order valence-corrected chi connectivity index (χ4v) is 8.66. The highest BCUT2D eigenvalue weighted by Gasteiger charge is 2.54. The minimum Gasteiger partial charge on any atom is -0.0622 e. The van der Waals surface area contributed by atoms with Crippen LogP contribution in [-0.2, 0) is 0 Å². The highest BCUT2D eigenvalue weighted by atomic mass is 14.6. The van der Waals surface area contributed by atoms with Crippen molar-refractivity contribution in [3.8, 4) is 0 Å². The summed E-state index contributed by atoms with van der Waals surface area (Å²) in [5.74, 6) is 6.80. The predicted molar refractivity (Wildman–Crippen MR) is 141 cm³/mol. The second kappa shape index (κ2) is 8.58. The summed E-state index contributed by atoms with van der Waals surface area (Å²) in [5.41, 5.74) is 3.93. The van der Waals surface area contributed by atoms with Crippen LogP contribution in [0.3, 0.4) is 0 Å². The lowest BCUT2D eigenvalue weighted by atomic mass is 9.55. The molecule has 0 radical (unpaired) electrons. The van der Waals surface area contributed by atoms with Gasteiger partial charge in [-0.1, -0.05) is 102 Å². The van der Waals surface area contributed by atoms with E-state index in [0.717, 1.165) is 47.3 Å². The second-order valence-electron chi connectivity index (χ2n) is 14.0. The molecule has 33 heavy (non-hydrogen) atoms. The minimum absolute atomic E-state index is 0.369. The monoisotopic (exact) mass is 442 g/mol. The van der Waals surface area contributed by atoms with Gasteiger partial charge in [-0.25, -0.2) is 0 Å². The Labute approximate surface area is 203 Å². The standard InChI is InChI=1S/C33H46/c1-32(2,3)30-20-26-24(18-28(30)22-13-9-7-10-14-22)17-25-19-29(23-15-11-8-12-16-23)31(21-27(25)26)33(4,5)6/h7-16,24-31H,17-21H2,1-6H3. The molecule has 0 N–H and O–H groups in total. The zero-order chi connectivity index (χ0) is 23.4. The molecule has 8 atom stereocenters. The summed E-state index contributed by atoms with van der Waals surface area (Å²) in [4.78, 5) is 0. The van der Waals surface area contributed by atoms with Crippen LogP contribution in [0.1, 0.15) is 96.6 Å². The normalized spacial score (nSPS) is 36.8. The first-order valence-corrected chi connectivity index (χ1v) is 13.7. The van der Waals surface area contributed by atoms with Crippen LogP contribution in [0.15, 0.2) is 60.7 Å². The van der Waals surface area contributed by atoms with Crippen molar-refractivity contribution >= 4 is 0 Å². The fraction of sp³-hybridized carbons (Fsp3) is 0.636. The van der Waals surface area contributed by atoms with E-state index in [1.165, 1.54) is 32.1 Å². The molecular formula is C33H46. The zero-order valence-corrected chi connectivity index (χ0v) is 21.9. The molecule has 0 bridgehead atoms. The lowest BCUT2D eigenvalue weighted by molar-refractivity contribution is 0.0336. The van der Waals surface area contributed by atoms with Gasteiger partial charge >= 0.3 is 0 Å². The van der Waals surface area contributed by atoms with E-state index in [1.807, 2.05) is 0 Å². The van der Waals surface area contributed by atoms with Gasteiger partial charge in [0, 0.05) is 0 Å². The van der Waals surface area contributed by atoms with E-state index in [1.54, 1.807) is 11.1 Å². The van der Waals surface area contributed by atoms with Crippen LogP contribution in [0.2, 0.25) is 0 Å². The number of hydrogen-bond acceptors (Lipinski definition) is 0. The average Bonchev–Trinajstić information content (AvgIpc) is 3.14. The molecule has 0 nitrogen and oxygen atoms in total. The van der Waals surface area contributed by atoms with Crippen molar-refractivity contribution in [2.45, 2.75) is 85.5 Å². The van der Waals surface area contributed by atoms with Crippen molar-refractivity contribution in [1.29, 1.82) is 0 Å². The Morgan fingerprint density at radius 3 is 1.18 bits per heavy atom. The first kappa shape index (κ1) is 23.2. The largest absolute Gasteiger partial charge is 0.0622 e. The summed E-state index contributed by atoms with van der Waals surface area (Å²) in [6.45, 7) is 15.0. The summed E-state index contributed by atoms with van der Waals surface area (Å²) < 4.78 is 0. The van der Waals surface area contributed by atoms with Crippen molar-refractivity contribution in [2.24, 2.45) is 46.3 Å². The van der Waals surface area contributed by atoms with Gasteiger partial charge in [0.2, 0.25) is 0 Å². The molecule has 0 heteroatoms. The Morgan fingerprint density at radius 1 is 0.485 bits per heavy atom. The van der Waals surface area contributed by atoms with Gasteiger partial charge in [-0.15, -0.1) is 0 Å². The van der Waals surface area contributed by atoms with Crippen molar-refractivity contribution in [3.63, 3.8) is 0 Å². The van der Waals surface area contributed by atoms with Gasteiger partial charge in [0.25, 0.3) is 0 Å². The summed E-state index contributed by atoms with van der Waals surface area (Å²) in [7, 11) is 0. The van der Waals surface area contributed by atoms with Crippen molar-refractivity contribution in [2.75, 3.05) is 0 Å². The molecule has 8 unspecified atom stereocenters. The van der Waals surface area contributed by atoms with Gasteiger partial charge in [-0.2, -0.15) is 0 Å². The average molecular weight is 443 g/mol. The molecule has 2 aromatic carbocycles. The highest BCUT2D eigenvalue weighted by molar-refractivity contribution is 5.25. The SMILES string of the molecule is CC(C)(C)C1CC2C(CC3CC(c4ccccc4)C(C(C)(C)C)CC32)CC1c1ccccc1. The van der Waals surface area contributed by atoms with Crippen LogP contribution in [0, 0.1) is 46.3 Å². The number of benzene rings is 2. The predicted octanol–water partition coefficient (Wildman–Crippen LogP) is 9.33. The quantitative estimate of drug-likeness (QED) is 0.434. The third-order valence-corrected chi connectivity index (χ3v) is 10.2. The van der Waals surface area contributed by atoms with Crippen LogP contribution in [0.5, 0.6) is 0 Å². The number of rotatable bonds is 2. The molecule has 3 saturated carbocycles. The lowest BCUT2D eigenvalue weighted by Gasteiger charge is -2.49. The van der Waals surface area contributed by atoms with E-state index in [4.69, 9.17) is 0 Å². The van der Waals surface area contributed by atoms with Crippen LogP contribution >= 0.6 is 0 Å². The Hall–Kier alpha value is -1.56. The first-order valence-electron chi connectivity index (χ1n) is 13.7. The molecule has 3 aliphatic carbocycles. The first-order chi connectivity index (χ1) is 15.6. The van der Waals surface area contributed by atoms with E-state index in [0.29, 0.717) is 10.8 Å². The van der Waals surface area contributed by atoms with E-state index in [2.05, 4.69) is 102 Å². The van der Waals surface area contributed by atoms with Crippen LogP contribution in [0.4, 0.5) is 0 Å². The number of fused-ring (bicyclic) bond motifs is 3. The van der Waals surface area contributed by atoms with Gasteiger partial charge in [-0.3, -0.25) is 0 Å². The molecule has 0 aromatic heterocycles. The Morgan fingerprint density at radius 2 is 0.848 bits per heavy atom. The third kappa shape index (κ3) is 4.44. The molecule has 5 rings (SSSR count). The van der Waals surface area contributed by atoms with Crippen molar-refractivity contribution < 1.29 is 0 Å². The topological polar surface area (TPSA) is 0 Å². The van der Waals surface area contributed by atoms with Gasteiger partial charge < -0.3 is 0 Å². The maximum absolute atomic E-state index is 2.50. The minimum atomic E-state index is 0.369. The van der Waals surface area contributed by atoms with E-state index >= 15 is 0 Å². The van der Waals surface area contributed by atoms with Crippen LogP contribution in [-0.4, -0.2) is 0 Å². The van der Waals surface area contributed by atoms with Crippen molar-refractivity contribution in [1.82, 2.24) is 0 Å². The van der Waals surface area contributed by atoms with Gasteiger partial charge in [0.15, 0.2) is 0 Å². The van der Waals surface area contributed by atoms with Crippen LogP contribution < -0.4 is 0 Å². The Kier molecular flexibility index (Phi) is 6.03. The number of hydrogen-bond donors (Lipinski definition) is 0. The molecule has 3 fully saturated rings. The Balaban J connectivity index is 1.45. The van der Waals surface area contributed by atoms with Gasteiger partial charge in [-0.05, 0) is 101 Å². The maximum Gasteiger partial charge on any atom is -0.0126 e. The molecule has 178 valence electrons. The molecule has 2 aromatic rings. The summed E-state index contributed by atoms with van der Waals surface area (Å²) in [5, 5.41) is 0. The molecule has 0 aliphatic heterocycles. The molecule has 0 amide bonds. The summed E-state index contributed by atoms with van der Waals surface area (Å²) >= 11 is 0. The molecule has 0 spiro atoms. The smallest absolute Gasteiger partial charge is 0.0126 e. The summed E-state index contributed by atoms with van der Waals surface area (Å²) in [6.07, 6.45) is 7.21. The molecule has 0 saturated heterocycles. The third-order valence-electron chi connectivity index (χ3n) is 10.2. The fourth-order valence-electron chi connectivity index (χ4n) is 8.66. The van der Waals surface area contributed by atoms with Crippen LogP contribution in [0.25, 0.3) is 0 Å². The lowest BCUT2D eigenvalue weighted by Crippen LogP contribution is -2.40. The van der Waals surface area contributed by atoms with E-state index in [-0.39, 0.29) is 0 Å². The molecule has 3 aliphatic rings. The van der Waals surface area contributed by atoms with E-state index < -0.39 is 0 Å². The maximum atomic E-state index is 2.50. The molecule has 0 heterocycles. The van der Waals surface area contributed by atoms with Gasteiger partial charge in [0.1, 0.15) is 0 Å². The van der Waals surface area contributed by atoms with Crippen molar-refractivity contribution in [3.05, 3.63) is 71.8 Å². The second-order valence-corrected chi connectivity index (χ2v) is 14.0. The summed E-state index contributed by atoms with van der Waals surface area (Å²) in [6, 6.07) is 23.0. The zero-order valence-electron chi connectivity index (χ0n) is 21.9. The molecular weight excluding hydrogens is 396 g/mol. The highest BCUT2D eigenvalue weighted by Crippen LogP contribution is 2.64. The van der Waals surface area contributed by atoms with Gasteiger partial charge in [0.05, 0.1) is 0 Å².